The minimum atomic E-state index is 0.0862. The Balaban J connectivity index is 2.35. The standard InChI is InChI=1S/C14H18N2O/c1-4-15-13(14-10(2)7-8-17-14)12-6-5-11(3)16-9-12/h5-9,13,15H,4H2,1-3H3. The molecular formula is C14H18N2O. The van der Waals surface area contributed by atoms with Gasteiger partial charge < -0.3 is 9.73 Å². The normalized spacial score (nSPS) is 12.6. The van der Waals surface area contributed by atoms with Crippen LogP contribution in [0.25, 0.3) is 0 Å². The topological polar surface area (TPSA) is 38.1 Å². The van der Waals surface area contributed by atoms with E-state index < -0.39 is 0 Å². The largest absolute Gasteiger partial charge is 0.467 e. The van der Waals surface area contributed by atoms with Gasteiger partial charge in [-0.2, -0.15) is 0 Å². The predicted molar refractivity (Wildman–Crippen MR) is 67.9 cm³/mol. The van der Waals surface area contributed by atoms with Crippen LogP contribution < -0.4 is 5.32 Å². The third-order valence-electron chi connectivity index (χ3n) is 2.84. The zero-order valence-electron chi connectivity index (χ0n) is 10.5. The lowest BCUT2D eigenvalue weighted by molar-refractivity contribution is 0.449. The van der Waals surface area contributed by atoms with Crippen molar-refractivity contribution in [1.29, 1.82) is 0 Å². The van der Waals surface area contributed by atoms with Gasteiger partial charge in [0.2, 0.25) is 0 Å². The van der Waals surface area contributed by atoms with E-state index >= 15 is 0 Å². The molecule has 0 spiro atoms. The third-order valence-corrected chi connectivity index (χ3v) is 2.84. The average molecular weight is 230 g/mol. The lowest BCUT2D eigenvalue weighted by atomic mass is 10.0. The Labute approximate surface area is 102 Å². The van der Waals surface area contributed by atoms with Crippen LogP contribution in [0.3, 0.4) is 0 Å². The summed E-state index contributed by atoms with van der Waals surface area (Å²) < 4.78 is 5.57. The molecule has 1 atom stereocenters. The van der Waals surface area contributed by atoms with Crippen molar-refractivity contribution in [3.05, 3.63) is 53.2 Å². The van der Waals surface area contributed by atoms with E-state index in [9.17, 15) is 0 Å². The molecule has 0 aromatic carbocycles. The van der Waals surface area contributed by atoms with Crippen LogP contribution in [0.2, 0.25) is 0 Å². The number of nitrogens with one attached hydrogen (secondary N) is 1. The molecule has 2 rings (SSSR count). The lowest BCUT2D eigenvalue weighted by Gasteiger charge is -2.16. The molecule has 0 aliphatic heterocycles. The summed E-state index contributed by atoms with van der Waals surface area (Å²) in [5.74, 6) is 0.970. The molecule has 90 valence electrons. The highest BCUT2D eigenvalue weighted by molar-refractivity contribution is 5.29. The van der Waals surface area contributed by atoms with Crippen molar-refractivity contribution in [1.82, 2.24) is 10.3 Å². The van der Waals surface area contributed by atoms with Gasteiger partial charge in [-0.25, -0.2) is 0 Å². The molecule has 0 amide bonds. The van der Waals surface area contributed by atoms with Crippen molar-refractivity contribution < 1.29 is 4.42 Å². The molecule has 1 unspecified atom stereocenters. The van der Waals surface area contributed by atoms with Crippen LogP contribution in [0.1, 0.15) is 35.5 Å². The van der Waals surface area contributed by atoms with E-state index in [1.807, 2.05) is 25.3 Å². The summed E-state index contributed by atoms with van der Waals surface area (Å²) in [4.78, 5) is 4.34. The second-order valence-electron chi connectivity index (χ2n) is 4.19. The van der Waals surface area contributed by atoms with E-state index in [4.69, 9.17) is 4.42 Å². The van der Waals surface area contributed by atoms with Crippen molar-refractivity contribution in [3.8, 4) is 0 Å². The van der Waals surface area contributed by atoms with Crippen molar-refractivity contribution in [3.63, 3.8) is 0 Å². The summed E-state index contributed by atoms with van der Waals surface area (Å²) in [6, 6.07) is 6.19. The summed E-state index contributed by atoms with van der Waals surface area (Å²) >= 11 is 0. The molecule has 0 bridgehead atoms. The zero-order chi connectivity index (χ0) is 12.3. The molecule has 0 fully saturated rings. The van der Waals surface area contributed by atoms with Gasteiger partial charge in [0.05, 0.1) is 12.3 Å². The fraction of sp³-hybridized carbons (Fsp3) is 0.357. The Morgan fingerprint density at radius 2 is 2.12 bits per heavy atom. The number of aryl methyl sites for hydroxylation is 2. The Morgan fingerprint density at radius 1 is 1.29 bits per heavy atom. The van der Waals surface area contributed by atoms with Gasteiger partial charge in [-0.1, -0.05) is 13.0 Å². The van der Waals surface area contributed by atoms with Crippen LogP contribution in [0.5, 0.6) is 0 Å². The molecule has 2 heterocycles. The molecule has 0 radical (unpaired) electrons. The maximum absolute atomic E-state index is 5.57. The average Bonchev–Trinajstić information content (AvgIpc) is 2.74. The Morgan fingerprint density at radius 3 is 2.65 bits per heavy atom. The second kappa shape index (κ2) is 5.15. The summed E-state index contributed by atoms with van der Waals surface area (Å²) in [7, 11) is 0. The first-order valence-electron chi connectivity index (χ1n) is 5.92. The van der Waals surface area contributed by atoms with E-state index in [-0.39, 0.29) is 6.04 Å². The van der Waals surface area contributed by atoms with Gasteiger partial charge in [0.15, 0.2) is 0 Å². The van der Waals surface area contributed by atoms with E-state index in [1.54, 1.807) is 6.26 Å². The Hall–Kier alpha value is -1.61. The summed E-state index contributed by atoms with van der Waals surface area (Å²) in [6.07, 6.45) is 3.64. The molecule has 2 aromatic heterocycles. The highest BCUT2D eigenvalue weighted by atomic mass is 16.3. The maximum atomic E-state index is 5.57. The van der Waals surface area contributed by atoms with Crippen LogP contribution >= 0.6 is 0 Å². The fourth-order valence-electron chi connectivity index (χ4n) is 1.90. The number of rotatable bonds is 4. The number of furan rings is 1. The first kappa shape index (κ1) is 11.9. The van der Waals surface area contributed by atoms with Crippen LogP contribution in [0.15, 0.2) is 35.1 Å². The molecule has 1 N–H and O–H groups in total. The molecule has 0 aliphatic carbocycles. The van der Waals surface area contributed by atoms with Gasteiger partial charge in [-0.15, -0.1) is 0 Å². The number of hydrogen-bond donors (Lipinski definition) is 1. The van der Waals surface area contributed by atoms with E-state index in [0.717, 1.165) is 29.1 Å². The zero-order valence-corrected chi connectivity index (χ0v) is 10.5. The molecular weight excluding hydrogens is 212 g/mol. The summed E-state index contributed by atoms with van der Waals surface area (Å²) in [5, 5.41) is 3.43. The van der Waals surface area contributed by atoms with E-state index in [1.165, 1.54) is 0 Å². The fourth-order valence-corrected chi connectivity index (χ4v) is 1.90. The van der Waals surface area contributed by atoms with Gasteiger partial charge in [0.25, 0.3) is 0 Å². The smallest absolute Gasteiger partial charge is 0.128 e. The maximum Gasteiger partial charge on any atom is 0.128 e. The van der Waals surface area contributed by atoms with Crippen molar-refractivity contribution >= 4 is 0 Å². The van der Waals surface area contributed by atoms with E-state index in [0.29, 0.717) is 0 Å². The number of nitrogens with zero attached hydrogens (tertiary/aromatic N) is 1. The monoisotopic (exact) mass is 230 g/mol. The SMILES string of the molecule is CCNC(c1ccc(C)nc1)c1occc1C. The third kappa shape index (κ3) is 2.56. The van der Waals surface area contributed by atoms with Crippen LogP contribution in [0.4, 0.5) is 0 Å². The number of pyridine rings is 1. The van der Waals surface area contributed by atoms with Gasteiger partial charge in [-0.05, 0) is 43.7 Å². The molecule has 3 heteroatoms. The Bertz CT molecular complexity index is 473. The first-order valence-corrected chi connectivity index (χ1v) is 5.92. The highest BCUT2D eigenvalue weighted by Crippen LogP contribution is 2.25. The predicted octanol–water partition coefficient (Wildman–Crippen LogP) is 2.99. The van der Waals surface area contributed by atoms with Crippen molar-refractivity contribution in [2.45, 2.75) is 26.8 Å². The van der Waals surface area contributed by atoms with Gasteiger partial charge in [-0.3, -0.25) is 4.98 Å². The quantitative estimate of drug-likeness (QED) is 0.877. The summed E-state index contributed by atoms with van der Waals surface area (Å²) in [6.45, 7) is 7.03. The molecule has 3 nitrogen and oxygen atoms in total. The van der Waals surface area contributed by atoms with Crippen molar-refractivity contribution in [2.24, 2.45) is 0 Å². The Kier molecular flexibility index (Phi) is 3.59. The van der Waals surface area contributed by atoms with Crippen LogP contribution in [0, 0.1) is 13.8 Å². The first-order chi connectivity index (χ1) is 8.22. The summed E-state index contributed by atoms with van der Waals surface area (Å²) in [5.41, 5.74) is 3.33. The molecule has 0 saturated heterocycles. The number of hydrogen-bond acceptors (Lipinski definition) is 3. The molecule has 2 aromatic rings. The lowest BCUT2D eigenvalue weighted by Crippen LogP contribution is -2.22. The van der Waals surface area contributed by atoms with Gasteiger partial charge >= 0.3 is 0 Å². The van der Waals surface area contributed by atoms with E-state index in [2.05, 4.69) is 30.2 Å². The minimum absolute atomic E-state index is 0.0862. The highest BCUT2D eigenvalue weighted by Gasteiger charge is 2.18. The van der Waals surface area contributed by atoms with Gasteiger partial charge in [0, 0.05) is 11.9 Å². The number of aromatic nitrogens is 1. The van der Waals surface area contributed by atoms with Gasteiger partial charge in [0.1, 0.15) is 5.76 Å². The minimum Gasteiger partial charge on any atom is -0.467 e. The molecule has 0 saturated carbocycles. The molecule has 0 aliphatic rings. The van der Waals surface area contributed by atoms with Crippen LogP contribution in [-0.2, 0) is 0 Å². The van der Waals surface area contributed by atoms with Crippen molar-refractivity contribution in [2.75, 3.05) is 6.54 Å². The van der Waals surface area contributed by atoms with Crippen LogP contribution in [-0.4, -0.2) is 11.5 Å². The molecule has 17 heavy (non-hydrogen) atoms. The second-order valence-corrected chi connectivity index (χ2v) is 4.19.